The van der Waals surface area contributed by atoms with E-state index in [2.05, 4.69) is 34.5 Å². The van der Waals surface area contributed by atoms with E-state index < -0.39 is 0 Å². The fourth-order valence-corrected chi connectivity index (χ4v) is 2.26. The van der Waals surface area contributed by atoms with E-state index in [9.17, 15) is 5.11 Å². The Balaban J connectivity index is 2.01. The minimum absolute atomic E-state index is 0.231. The summed E-state index contributed by atoms with van der Waals surface area (Å²) >= 11 is 0. The Labute approximate surface area is 97.1 Å². The van der Waals surface area contributed by atoms with Gasteiger partial charge in [0, 0.05) is 32.2 Å². The molecule has 16 heavy (non-hydrogen) atoms. The molecule has 2 N–H and O–H groups in total. The summed E-state index contributed by atoms with van der Waals surface area (Å²) in [4.78, 5) is 2.36. The van der Waals surface area contributed by atoms with Crippen molar-refractivity contribution < 1.29 is 5.11 Å². The minimum Gasteiger partial charge on any atom is -0.392 e. The molecule has 2 unspecified atom stereocenters. The van der Waals surface area contributed by atoms with Crippen LogP contribution >= 0.6 is 0 Å². The average Bonchev–Trinajstić information content (AvgIpc) is 2.31. The molecule has 1 fully saturated rings. The Bertz CT molecular complexity index is 313. The first-order valence-corrected chi connectivity index (χ1v) is 5.94. The molecule has 3 nitrogen and oxygen atoms in total. The van der Waals surface area contributed by atoms with Gasteiger partial charge in [-0.1, -0.05) is 30.3 Å². The lowest BCUT2D eigenvalue weighted by molar-refractivity contribution is 0.0405. The zero-order valence-corrected chi connectivity index (χ0v) is 9.76. The summed E-state index contributed by atoms with van der Waals surface area (Å²) in [5, 5.41) is 13.1. The second kappa shape index (κ2) is 5.43. The van der Waals surface area contributed by atoms with Crippen molar-refractivity contribution in [3.05, 3.63) is 35.9 Å². The van der Waals surface area contributed by atoms with Crippen LogP contribution in [0.1, 0.15) is 12.5 Å². The van der Waals surface area contributed by atoms with Crippen molar-refractivity contribution in [2.75, 3.05) is 19.6 Å². The lowest BCUT2D eigenvalue weighted by Gasteiger charge is -2.37. The standard InChI is InChI=1S/C13H20N2O/c1-11(16)13-9-14-7-8-15(13)10-12-5-3-2-4-6-12/h2-6,11,13-14,16H,7-10H2,1H3. The van der Waals surface area contributed by atoms with Crippen LogP contribution in [0, 0.1) is 0 Å². The molecule has 1 aliphatic rings. The van der Waals surface area contributed by atoms with Crippen LogP contribution in [0.4, 0.5) is 0 Å². The second-order valence-electron chi connectivity index (χ2n) is 4.47. The molecule has 1 aromatic carbocycles. The fourth-order valence-electron chi connectivity index (χ4n) is 2.26. The van der Waals surface area contributed by atoms with Gasteiger partial charge in [-0.05, 0) is 12.5 Å². The van der Waals surface area contributed by atoms with Crippen LogP contribution in [0.2, 0.25) is 0 Å². The predicted molar refractivity (Wildman–Crippen MR) is 65.2 cm³/mol. The van der Waals surface area contributed by atoms with E-state index in [1.807, 2.05) is 13.0 Å². The van der Waals surface area contributed by atoms with Gasteiger partial charge in [-0.2, -0.15) is 0 Å². The lowest BCUT2D eigenvalue weighted by Crippen LogP contribution is -2.55. The fraction of sp³-hybridized carbons (Fsp3) is 0.538. The van der Waals surface area contributed by atoms with Crippen LogP contribution in [0.25, 0.3) is 0 Å². The highest BCUT2D eigenvalue weighted by molar-refractivity contribution is 5.14. The van der Waals surface area contributed by atoms with E-state index in [0.717, 1.165) is 26.2 Å². The summed E-state index contributed by atoms with van der Waals surface area (Å²) in [6, 6.07) is 10.7. The van der Waals surface area contributed by atoms with Crippen molar-refractivity contribution in [1.29, 1.82) is 0 Å². The predicted octanol–water partition coefficient (Wildman–Crippen LogP) is 0.841. The van der Waals surface area contributed by atoms with E-state index in [1.54, 1.807) is 0 Å². The number of nitrogens with zero attached hydrogens (tertiary/aromatic N) is 1. The van der Waals surface area contributed by atoms with E-state index in [1.165, 1.54) is 5.56 Å². The van der Waals surface area contributed by atoms with Gasteiger partial charge in [0.15, 0.2) is 0 Å². The zero-order chi connectivity index (χ0) is 11.4. The summed E-state index contributed by atoms with van der Waals surface area (Å²) in [6.45, 7) is 5.69. The number of piperazine rings is 1. The van der Waals surface area contributed by atoms with E-state index >= 15 is 0 Å². The van der Waals surface area contributed by atoms with E-state index in [4.69, 9.17) is 0 Å². The third-order valence-corrected chi connectivity index (χ3v) is 3.18. The van der Waals surface area contributed by atoms with Crippen molar-refractivity contribution in [2.45, 2.75) is 25.6 Å². The number of nitrogens with one attached hydrogen (secondary N) is 1. The topological polar surface area (TPSA) is 35.5 Å². The third-order valence-electron chi connectivity index (χ3n) is 3.18. The summed E-state index contributed by atoms with van der Waals surface area (Å²) in [5.41, 5.74) is 1.31. The molecule has 2 rings (SSSR count). The van der Waals surface area contributed by atoms with Gasteiger partial charge >= 0.3 is 0 Å². The highest BCUT2D eigenvalue weighted by Gasteiger charge is 2.25. The van der Waals surface area contributed by atoms with Crippen LogP contribution in [-0.2, 0) is 6.54 Å². The molecule has 0 aromatic heterocycles. The van der Waals surface area contributed by atoms with Crippen LogP contribution in [-0.4, -0.2) is 41.8 Å². The molecule has 0 aliphatic carbocycles. The Kier molecular flexibility index (Phi) is 3.93. The summed E-state index contributed by atoms with van der Waals surface area (Å²) in [5.74, 6) is 0. The molecule has 3 heteroatoms. The number of hydrogen-bond donors (Lipinski definition) is 2. The van der Waals surface area contributed by atoms with Gasteiger partial charge in [-0.25, -0.2) is 0 Å². The van der Waals surface area contributed by atoms with Gasteiger partial charge in [0.1, 0.15) is 0 Å². The monoisotopic (exact) mass is 220 g/mol. The number of rotatable bonds is 3. The van der Waals surface area contributed by atoms with Gasteiger partial charge in [-0.15, -0.1) is 0 Å². The van der Waals surface area contributed by atoms with Gasteiger partial charge in [0.25, 0.3) is 0 Å². The Morgan fingerprint density at radius 1 is 1.44 bits per heavy atom. The van der Waals surface area contributed by atoms with E-state index in [-0.39, 0.29) is 12.1 Å². The number of aliphatic hydroxyl groups excluding tert-OH is 1. The van der Waals surface area contributed by atoms with Crippen molar-refractivity contribution in [3.8, 4) is 0 Å². The van der Waals surface area contributed by atoms with Crippen molar-refractivity contribution in [1.82, 2.24) is 10.2 Å². The first-order chi connectivity index (χ1) is 7.77. The molecule has 1 aromatic rings. The van der Waals surface area contributed by atoms with Gasteiger partial charge in [0.05, 0.1) is 6.10 Å². The van der Waals surface area contributed by atoms with E-state index in [0.29, 0.717) is 0 Å². The van der Waals surface area contributed by atoms with Crippen molar-refractivity contribution in [3.63, 3.8) is 0 Å². The molecule has 1 heterocycles. The highest BCUT2D eigenvalue weighted by atomic mass is 16.3. The molecule has 0 saturated carbocycles. The summed E-state index contributed by atoms with van der Waals surface area (Å²) in [7, 11) is 0. The Morgan fingerprint density at radius 2 is 2.19 bits per heavy atom. The summed E-state index contributed by atoms with van der Waals surface area (Å²) < 4.78 is 0. The molecule has 0 spiro atoms. The second-order valence-corrected chi connectivity index (χ2v) is 4.47. The molecule has 1 aliphatic heterocycles. The van der Waals surface area contributed by atoms with Gasteiger partial charge in [0.2, 0.25) is 0 Å². The quantitative estimate of drug-likeness (QED) is 0.792. The average molecular weight is 220 g/mol. The van der Waals surface area contributed by atoms with Crippen molar-refractivity contribution in [2.24, 2.45) is 0 Å². The molecule has 0 radical (unpaired) electrons. The third kappa shape index (κ3) is 2.82. The van der Waals surface area contributed by atoms with Crippen LogP contribution in [0.15, 0.2) is 30.3 Å². The number of hydrogen-bond acceptors (Lipinski definition) is 3. The number of benzene rings is 1. The molecule has 88 valence electrons. The molecule has 1 saturated heterocycles. The lowest BCUT2D eigenvalue weighted by atomic mass is 10.1. The van der Waals surface area contributed by atoms with Gasteiger partial charge < -0.3 is 10.4 Å². The first kappa shape index (κ1) is 11.6. The smallest absolute Gasteiger partial charge is 0.0679 e. The van der Waals surface area contributed by atoms with Gasteiger partial charge in [-0.3, -0.25) is 4.90 Å². The maximum atomic E-state index is 9.74. The Hall–Kier alpha value is -0.900. The summed E-state index contributed by atoms with van der Waals surface area (Å²) in [6.07, 6.45) is -0.281. The van der Waals surface area contributed by atoms with Crippen LogP contribution in [0.3, 0.4) is 0 Å². The highest BCUT2D eigenvalue weighted by Crippen LogP contribution is 2.12. The maximum Gasteiger partial charge on any atom is 0.0679 e. The maximum absolute atomic E-state index is 9.74. The number of aliphatic hydroxyl groups is 1. The molecule has 0 bridgehead atoms. The van der Waals surface area contributed by atoms with Crippen LogP contribution < -0.4 is 5.32 Å². The largest absolute Gasteiger partial charge is 0.392 e. The zero-order valence-electron chi connectivity index (χ0n) is 9.76. The molecular formula is C13H20N2O. The minimum atomic E-state index is -0.281. The molecule has 0 amide bonds. The molecule has 2 atom stereocenters. The van der Waals surface area contributed by atoms with Crippen LogP contribution in [0.5, 0.6) is 0 Å². The SMILES string of the molecule is CC(O)C1CNCCN1Cc1ccccc1. The Morgan fingerprint density at radius 3 is 2.88 bits per heavy atom. The normalized spacial score (nSPS) is 24.2. The first-order valence-electron chi connectivity index (χ1n) is 5.94. The van der Waals surface area contributed by atoms with Crippen molar-refractivity contribution >= 4 is 0 Å². The molecular weight excluding hydrogens is 200 g/mol.